The van der Waals surface area contributed by atoms with E-state index in [2.05, 4.69) is 5.32 Å². The Kier molecular flexibility index (Phi) is 6.63. The maximum Gasteiger partial charge on any atom is 0.322 e. The third-order valence-electron chi connectivity index (χ3n) is 5.79. The Labute approximate surface area is 198 Å². The minimum atomic E-state index is -0.491. The SMILES string of the molecule is CCOc1ccc(-n2c(C(C)N(C)C(=O)Nc3ccc(C)cc3)nc3ccccc3c2=O)cc1. The molecular formula is C27H28N4O3. The van der Waals surface area contributed by atoms with Crippen molar-refractivity contribution in [1.29, 1.82) is 0 Å². The lowest BCUT2D eigenvalue weighted by Crippen LogP contribution is -2.37. The summed E-state index contributed by atoms with van der Waals surface area (Å²) in [7, 11) is 1.69. The number of carbonyl (C=O) groups excluding carboxylic acids is 1. The average molecular weight is 457 g/mol. The van der Waals surface area contributed by atoms with Gasteiger partial charge in [0.25, 0.3) is 5.56 Å². The number of amides is 2. The van der Waals surface area contributed by atoms with Gasteiger partial charge in [-0.3, -0.25) is 9.36 Å². The molecule has 1 unspecified atom stereocenters. The van der Waals surface area contributed by atoms with E-state index >= 15 is 0 Å². The van der Waals surface area contributed by atoms with Crippen molar-refractivity contribution in [1.82, 2.24) is 14.5 Å². The van der Waals surface area contributed by atoms with Crippen LogP contribution in [-0.4, -0.2) is 34.1 Å². The third kappa shape index (κ3) is 4.64. The topological polar surface area (TPSA) is 76.5 Å². The molecule has 0 spiro atoms. The minimum Gasteiger partial charge on any atom is -0.494 e. The molecule has 0 bridgehead atoms. The van der Waals surface area contributed by atoms with Gasteiger partial charge in [-0.1, -0.05) is 29.8 Å². The van der Waals surface area contributed by atoms with E-state index in [9.17, 15) is 9.59 Å². The number of fused-ring (bicyclic) bond motifs is 1. The molecule has 174 valence electrons. The van der Waals surface area contributed by atoms with Crippen molar-refractivity contribution < 1.29 is 9.53 Å². The van der Waals surface area contributed by atoms with Crippen LogP contribution in [-0.2, 0) is 0 Å². The Bertz CT molecular complexity index is 1360. The highest BCUT2D eigenvalue weighted by Crippen LogP contribution is 2.24. The number of hydrogen-bond acceptors (Lipinski definition) is 4. The van der Waals surface area contributed by atoms with Gasteiger partial charge in [-0.15, -0.1) is 0 Å². The van der Waals surface area contributed by atoms with E-state index < -0.39 is 6.04 Å². The number of ether oxygens (including phenoxy) is 1. The Morgan fingerprint density at radius 3 is 2.41 bits per heavy atom. The Hall–Kier alpha value is -4.13. The first-order valence-electron chi connectivity index (χ1n) is 11.2. The highest BCUT2D eigenvalue weighted by atomic mass is 16.5. The van der Waals surface area contributed by atoms with Crippen LogP contribution in [0, 0.1) is 6.92 Å². The summed E-state index contributed by atoms with van der Waals surface area (Å²) in [5.74, 6) is 1.19. The monoisotopic (exact) mass is 456 g/mol. The molecule has 0 aliphatic carbocycles. The van der Waals surface area contributed by atoms with Gasteiger partial charge in [-0.25, -0.2) is 9.78 Å². The van der Waals surface area contributed by atoms with Gasteiger partial charge in [0.15, 0.2) is 0 Å². The van der Waals surface area contributed by atoms with E-state index in [1.54, 1.807) is 22.6 Å². The van der Waals surface area contributed by atoms with E-state index in [1.165, 1.54) is 0 Å². The number of aryl methyl sites for hydroxylation is 1. The Balaban J connectivity index is 1.75. The van der Waals surface area contributed by atoms with Gasteiger partial charge in [-0.05, 0) is 69.3 Å². The van der Waals surface area contributed by atoms with Gasteiger partial charge in [-0.2, -0.15) is 0 Å². The van der Waals surface area contributed by atoms with Crippen LogP contribution in [0.15, 0.2) is 77.6 Å². The second-order valence-electron chi connectivity index (χ2n) is 8.14. The maximum atomic E-state index is 13.6. The Morgan fingerprint density at radius 2 is 1.74 bits per heavy atom. The van der Waals surface area contributed by atoms with E-state index in [4.69, 9.17) is 9.72 Å². The lowest BCUT2D eigenvalue weighted by atomic mass is 10.2. The molecule has 0 radical (unpaired) electrons. The highest BCUT2D eigenvalue weighted by molar-refractivity contribution is 5.89. The molecule has 0 aliphatic rings. The third-order valence-corrected chi connectivity index (χ3v) is 5.79. The first-order valence-corrected chi connectivity index (χ1v) is 11.2. The van der Waals surface area contributed by atoms with E-state index in [0.717, 1.165) is 11.3 Å². The van der Waals surface area contributed by atoms with Crippen LogP contribution < -0.4 is 15.6 Å². The number of nitrogens with one attached hydrogen (secondary N) is 1. The molecule has 0 saturated heterocycles. The number of aromatic nitrogens is 2. The smallest absolute Gasteiger partial charge is 0.322 e. The summed E-state index contributed by atoms with van der Waals surface area (Å²) < 4.78 is 7.11. The fourth-order valence-corrected chi connectivity index (χ4v) is 3.74. The second kappa shape index (κ2) is 9.79. The largest absolute Gasteiger partial charge is 0.494 e. The fraction of sp³-hybridized carbons (Fsp3) is 0.222. The number of para-hydroxylation sites is 1. The molecular weight excluding hydrogens is 428 g/mol. The maximum absolute atomic E-state index is 13.6. The molecule has 0 fully saturated rings. The predicted octanol–water partition coefficient (Wildman–Crippen LogP) is 5.32. The number of rotatable bonds is 6. The van der Waals surface area contributed by atoms with Crippen molar-refractivity contribution in [3.63, 3.8) is 0 Å². The summed E-state index contributed by atoms with van der Waals surface area (Å²) in [6, 6.07) is 21.3. The number of urea groups is 1. The van der Waals surface area contributed by atoms with Gasteiger partial charge in [0.2, 0.25) is 0 Å². The van der Waals surface area contributed by atoms with Gasteiger partial charge >= 0.3 is 6.03 Å². The lowest BCUT2D eigenvalue weighted by molar-refractivity contribution is 0.205. The number of hydrogen-bond donors (Lipinski definition) is 1. The number of carbonyl (C=O) groups is 1. The zero-order valence-electron chi connectivity index (χ0n) is 19.8. The summed E-state index contributed by atoms with van der Waals surface area (Å²) in [5.41, 5.74) is 2.86. The van der Waals surface area contributed by atoms with Crippen molar-refractivity contribution in [3.8, 4) is 11.4 Å². The summed E-state index contributed by atoms with van der Waals surface area (Å²) >= 11 is 0. The van der Waals surface area contributed by atoms with Crippen LogP contribution in [0.25, 0.3) is 16.6 Å². The molecule has 7 heteroatoms. The van der Waals surface area contributed by atoms with Crippen molar-refractivity contribution in [3.05, 3.63) is 94.5 Å². The number of anilines is 1. The second-order valence-corrected chi connectivity index (χ2v) is 8.14. The molecule has 1 aromatic heterocycles. The molecule has 1 heterocycles. The normalized spacial score (nSPS) is 11.8. The van der Waals surface area contributed by atoms with Crippen LogP contribution in [0.5, 0.6) is 5.75 Å². The predicted molar refractivity (Wildman–Crippen MR) is 135 cm³/mol. The molecule has 1 atom stereocenters. The van der Waals surface area contributed by atoms with Crippen molar-refractivity contribution in [2.45, 2.75) is 26.8 Å². The zero-order valence-corrected chi connectivity index (χ0v) is 19.8. The van der Waals surface area contributed by atoms with Crippen molar-refractivity contribution >= 4 is 22.6 Å². The first kappa shape index (κ1) is 23.0. The van der Waals surface area contributed by atoms with E-state index in [0.29, 0.717) is 34.7 Å². The van der Waals surface area contributed by atoms with Crippen LogP contribution in [0.2, 0.25) is 0 Å². The summed E-state index contributed by atoms with van der Waals surface area (Å²) in [6.45, 7) is 6.32. The molecule has 4 aromatic rings. The summed E-state index contributed by atoms with van der Waals surface area (Å²) in [5, 5.41) is 3.42. The fourth-order valence-electron chi connectivity index (χ4n) is 3.74. The standard InChI is InChI=1S/C27H28N4O3/c1-5-34-22-16-14-21(15-17-22)31-25(29-24-9-7-6-8-23(24)26(31)32)19(3)30(4)27(33)28-20-12-10-18(2)11-13-20/h6-17,19H,5H2,1-4H3,(H,28,33). The minimum absolute atomic E-state index is 0.191. The highest BCUT2D eigenvalue weighted by Gasteiger charge is 2.24. The quantitative estimate of drug-likeness (QED) is 0.426. The van der Waals surface area contributed by atoms with E-state index in [-0.39, 0.29) is 11.6 Å². The van der Waals surface area contributed by atoms with E-state index in [1.807, 2.05) is 87.5 Å². The summed E-state index contributed by atoms with van der Waals surface area (Å²) in [6.07, 6.45) is 0. The molecule has 34 heavy (non-hydrogen) atoms. The molecule has 4 rings (SSSR count). The molecule has 1 N–H and O–H groups in total. The van der Waals surface area contributed by atoms with Crippen molar-refractivity contribution in [2.75, 3.05) is 19.0 Å². The van der Waals surface area contributed by atoms with Gasteiger partial charge in [0.05, 0.1) is 29.2 Å². The molecule has 7 nitrogen and oxygen atoms in total. The lowest BCUT2D eigenvalue weighted by Gasteiger charge is -2.27. The van der Waals surface area contributed by atoms with Gasteiger partial charge in [0, 0.05) is 12.7 Å². The van der Waals surface area contributed by atoms with Crippen LogP contribution in [0.1, 0.15) is 31.3 Å². The van der Waals surface area contributed by atoms with Crippen LogP contribution in [0.4, 0.5) is 10.5 Å². The van der Waals surface area contributed by atoms with Crippen molar-refractivity contribution in [2.24, 2.45) is 0 Å². The molecule has 0 saturated carbocycles. The summed E-state index contributed by atoms with van der Waals surface area (Å²) in [4.78, 5) is 32.9. The van der Waals surface area contributed by atoms with Gasteiger partial charge in [0.1, 0.15) is 11.6 Å². The molecule has 2 amide bonds. The molecule has 0 aliphatic heterocycles. The van der Waals surface area contributed by atoms with Crippen LogP contribution >= 0.6 is 0 Å². The van der Waals surface area contributed by atoms with Gasteiger partial charge < -0.3 is 15.0 Å². The molecule has 3 aromatic carbocycles. The zero-order chi connectivity index (χ0) is 24.2. The first-order chi connectivity index (χ1) is 16.4. The average Bonchev–Trinajstić information content (AvgIpc) is 2.85. The number of nitrogens with zero attached hydrogens (tertiary/aromatic N) is 3. The number of benzene rings is 3. The Morgan fingerprint density at radius 1 is 1.06 bits per heavy atom. The van der Waals surface area contributed by atoms with Crippen LogP contribution in [0.3, 0.4) is 0 Å².